The van der Waals surface area contributed by atoms with E-state index in [1.807, 2.05) is 18.2 Å². The molecule has 0 aliphatic rings. The number of rotatable bonds is 4. The Hall–Kier alpha value is -1.79. The molecule has 0 heterocycles. The number of hydrogen-bond acceptors (Lipinski definition) is 2. The van der Waals surface area contributed by atoms with Crippen molar-refractivity contribution in [2.75, 3.05) is 33.8 Å². The molecule has 0 unspecified atom stereocenters. The van der Waals surface area contributed by atoms with Gasteiger partial charge in [0, 0.05) is 0 Å². The van der Waals surface area contributed by atoms with Crippen LogP contribution >= 0.6 is 0 Å². The topological polar surface area (TPSA) is 26.3 Å². The Bertz CT molecular complexity index is 441. The Morgan fingerprint density at radius 1 is 1.22 bits per heavy atom. The summed E-state index contributed by atoms with van der Waals surface area (Å²) >= 11 is 0. The van der Waals surface area contributed by atoms with Gasteiger partial charge >= 0.3 is 5.97 Å². The molecule has 0 saturated carbocycles. The van der Waals surface area contributed by atoms with Crippen molar-refractivity contribution in [3.63, 3.8) is 0 Å². The zero-order valence-corrected chi connectivity index (χ0v) is 11.3. The van der Waals surface area contributed by atoms with Crippen molar-refractivity contribution >= 4 is 5.97 Å². The molecule has 0 amide bonds. The first-order valence-electron chi connectivity index (χ1n) is 6.05. The fourth-order valence-corrected chi connectivity index (χ4v) is 1.19. The summed E-state index contributed by atoms with van der Waals surface area (Å²) in [5, 5.41) is 0. The first-order chi connectivity index (χ1) is 8.55. The van der Waals surface area contributed by atoms with Gasteiger partial charge in [-0.3, -0.25) is 0 Å². The predicted octanol–water partition coefficient (Wildman–Crippen LogP) is 1.94. The summed E-state index contributed by atoms with van der Waals surface area (Å²) in [5.74, 6) is 5.57. The molecule has 0 fully saturated rings. The van der Waals surface area contributed by atoms with Crippen LogP contribution in [0.3, 0.4) is 0 Å². The van der Waals surface area contributed by atoms with Gasteiger partial charge in [-0.25, -0.2) is 4.79 Å². The first-order valence-corrected chi connectivity index (χ1v) is 6.05. The van der Waals surface area contributed by atoms with Gasteiger partial charge in [-0.05, 0) is 25.0 Å². The molecular weight excluding hydrogens is 226 g/mol. The average molecular weight is 246 g/mol. The van der Waals surface area contributed by atoms with Crippen LogP contribution in [-0.4, -0.2) is 44.2 Å². The van der Waals surface area contributed by atoms with E-state index in [0.29, 0.717) is 5.56 Å². The molecule has 0 N–H and O–H groups in total. The van der Waals surface area contributed by atoms with E-state index in [4.69, 9.17) is 4.74 Å². The minimum Gasteiger partial charge on any atom is -0.449 e. The maximum Gasteiger partial charge on any atom is 0.339 e. The van der Waals surface area contributed by atoms with Crippen molar-refractivity contribution in [1.82, 2.24) is 0 Å². The van der Waals surface area contributed by atoms with E-state index in [1.54, 1.807) is 12.1 Å². The molecule has 0 bridgehead atoms. The number of quaternary nitrogens is 1. The highest BCUT2D eigenvalue weighted by molar-refractivity contribution is 5.89. The van der Waals surface area contributed by atoms with Crippen LogP contribution in [0, 0.1) is 11.8 Å². The highest BCUT2D eigenvalue weighted by atomic mass is 16.5. The lowest BCUT2D eigenvalue weighted by molar-refractivity contribution is -0.881. The summed E-state index contributed by atoms with van der Waals surface area (Å²) < 4.78 is 5.90. The molecule has 0 saturated heterocycles. The molecule has 0 spiro atoms. The van der Waals surface area contributed by atoms with Gasteiger partial charge in [-0.1, -0.05) is 24.1 Å². The maximum atomic E-state index is 11.6. The van der Waals surface area contributed by atoms with E-state index in [-0.39, 0.29) is 12.6 Å². The zero-order chi connectivity index (χ0) is 13.4. The van der Waals surface area contributed by atoms with E-state index in [0.717, 1.165) is 17.6 Å². The minimum absolute atomic E-state index is 0.150. The third-order valence-corrected chi connectivity index (χ3v) is 2.77. The molecule has 1 rings (SSSR count). The van der Waals surface area contributed by atoms with Crippen LogP contribution in [-0.2, 0) is 4.74 Å². The van der Waals surface area contributed by atoms with Crippen LogP contribution in [0.15, 0.2) is 30.3 Å². The number of esters is 1. The molecule has 1 aromatic rings. The van der Waals surface area contributed by atoms with Crippen LogP contribution < -0.4 is 0 Å². The summed E-state index contributed by atoms with van der Waals surface area (Å²) in [4.78, 5) is 11.6. The Morgan fingerprint density at radius 2 is 1.89 bits per heavy atom. The third kappa shape index (κ3) is 5.03. The molecule has 18 heavy (non-hydrogen) atoms. The van der Waals surface area contributed by atoms with Crippen LogP contribution in [0.5, 0.6) is 0 Å². The highest BCUT2D eigenvalue weighted by Gasteiger charge is 2.08. The number of hydrogen-bond donors (Lipinski definition) is 0. The van der Waals surface area contributed by atoms with E-state index < -0.39 is 0 Å². The van der Waals surface area contributed by atoms with Gasteiger partial charge in [0.05, 0.1) is 26.2 Å². The summed E-state index contributed by atoms with van der Waals surface area (Å²) in [6.07, 6.45) is 0. The first kappa shape index (κ1) is 14.3. The number of ether oxygens (including phenoxy) is 1. The van der Waals surface area contributed by atoms with Gasteiger partial charge in [0.1, 0.15) is 6.54 Å². The normalized spacial score (nSPS) is 10.4. The zero-order valence-electron chi connectivity index (χ0n) is 11.3. The van der Waals surface area contributed by atoms with Gasteiger partial charge in [-0.15, -0.1) is 0 Å². The lowest BCUT2D eigenvalue weighted by Crippen LogP contribution is -2.39. The molecule has 3 heteroatoms. The van der Waals surface area contributed by atoms with Crippen molar-refractivity contribution in [3.8, 4) is 11.8 Å². The van der Waals surface area contributed by atoms with Crippen molar-refractivity contribution < 1.29 is 14.0 Å². The number of carbonyl (C=O) groups excluding carboxylic acids is 1. The lowest BCUT2D eigenvalue weighted by Gasteiger charge is -2.25. The Balaban J connectivity index is 2.35. The van der Waals surface area contributed by atoms with E-state index in [2.05, 4.69) is 32.9 Å². The lowest BCUT2D eigenvalue weighted by atomic mass is 10.2. The quantitative estimate of drug-likeness (QED) is 0.461. The largest absolute Gasteiger partial charge is 0.449 e. The van der Waals surface area contributed by atoms with Gasteiger partial charge in [-0.2, -0.15) is 0 Å². The molecule has 0 aromatic heterocycles. The van der Waals surface area contributed by atoms with E-state index in [1.165, 1.54) is 0 Å². The monoisotopic (exact) mass is 246 g/mol. The van der Waals surface area contributed by atoms with E-state index in [9.17, 15) is 4.79 Å². The summed E-state index contributed by atoms with van der Waals surface area (Å²) in [7, 11) is 4.23. The molecule has 3 nitrogen and oxygen atoms in total. The van der Waals surface area contributed by atoms with Crippen molar-refractivity contribution in [3.05, 3.63) is 35.9 Å². The average Bonchev–Trinajstić information content (AvgIpc) is 2.39. The van der Waals surface area contributed by atoms with Gasteiger partial charge in [0.2, 0.25) is 0 Å². The summed E-state index contributed by atoms with van der Waals surface area (Å²) in [6.45, 7) is 4.06. The smallest absolute Gasteiger partial charge is 0.339 e. The van der Waals surface area contributed by atoms with Crippen molar-refractivity contribution in [1.29, 1.82) is 0 Å². The second-order valence-electron chi connectivity index (χ2n) is 4.71. The molecule has 1 aromatic carbocycles. The highest BCUT2D eigenvalue weighted by Crippen LogP contribution is 2.00. The van der Waals surface area contributed by atoms with E-state index >= 15 is 0 Å². The number of carbonyl (C=O) groups is 1. The molecule has 0 radical (unpaired) electrons. The Kier molecular flexibility index (Phi) is 5.41. The molecular formula is C15H20NO2+. The molecule has 0 aliphatic carbocycles. The van der Waals surface area contributed by atoms with Gasteiger partial charge in [0.15, 0.2) is 6.61 Å². The second-order valence-corrected chi connectivity index (χ2v) is 4.71. The molecule has 0 aliphatic heterocycles. The predicted molar refractivity (Wildman–Crippen MR) is 72.0 cm³/mol. The standard InChI is InChI=1S/C15H20NO2/c1-4-16(2,3)12-8-9-13-18-15(17)14-10-6-5-7-11-14/h5-7,10-11H,4,12-13H2,1-3H3/q+1. The van der Waals surface area contributed by atoms with Gasteiger partial charge in [0.25, 0.3) is 0 Å². The summed E-state index contributed by atoms with van der Waals surface area (Å²) in [6, 6.07) is 8.94. The molecule has 96 valence electrons. The van der Waals surface area contributed by atoms with Crippen LogP contribution in [0.2, 0.25) is 0 Å². The fourth-order valence-electron chi connectivity index (χ4n) is 1.19. The molecule has 0 atom stereocenters. The summed E-state index contributed by atoms with van der Waals surface area (Å²) in [5.41, 5.74) is 0.559. The van der Waals surface area contributed by atoms with Crippen LogP contribution in [0.1, 0.15) is 17.3 Å². The van der Waals surface area contributed by atoms with Crippen LogP contribution in [0.4, 0.5) is 0 Å². The minimum atomic E-state index is -0.325. The fraction of sp³-hybridized carbons (Fsp3) is 0.400. The maximum absolute atomic E-state index is 11.6. The Morgan fingerprint density at radius 3 is 2.50 bits per heavy atom. The van der Waals surface area contributed by atoms with Crippen molar-refractivity contribution in [2.45, 2.75) is 6.92 Å². The van der Waals surface area contributed by atoms with Gasteiger partial charge < -0.3 is 9.22 Å². The third-order valence-electron chi connectivity index (χ3n) is 2.77. The SMILES string of the molecule is CC[N+](C)(C)CC#CCOC(=O)c1ccccc1. The number of benzene rings is 1. The Labute approximate surface area is 109 Å². The van der Waals surface area contributed by atoms with Crippen LogP contribution in [0.25, 0.3) is 0 Å². The van der Waals surface area contributed by atoms with Crippen molar-refractivity contribution in [2.24, 2.45) is 0 Å². The number of nitrogens with zero attached hydrogens (tertiary/aromatic N) is 1. The second kappa shape index (κ2) is 6.83.